The van der Waals surface area contributed by atoms with Crippen LogP contribution in [0, 0.1) is 0 Å². The summed E-state index contributed by atoms with van der Waals surface area (Å²) in [5.74, 6) is 0.147. The summed E-state index contributed by atoms with van der Waals surface area (Å²) in [6, 6.07) is 0.899. The molecular formula is C12H22N2O2. The minimum absolute atomic E-state index is 0.147. The van der Waals surface area contributed by atoms with Crippen LogP contribution in [0.1, 0.15) is 39.0 Å². The molecule has 0 aliphatic carbocycles. The number of nitrogens with one attached hydrogen (secondary N) is 2. The zero-order chi connectivity index (χ0) is 11.4. The first kappa shape index (κ1) is 11.9. The zero-order valence-electron chi connectivity index (χ0n) is 10.00. The zero-order valence-corrected chi connectivity index (χ0v) is 10.00. The van der Waals surface area contributed by atoms with Crippen molar-refractivity contribution < 1.29 is 9.53 Å². The molecule has 2 fully saturated rings. The SMILES string of the molecule is CC1CCC(NC(=O)CC2CCCO2)CN1. The normalized spacial score (nSPS) is 34.9. The van der Waals surface area contributed by atoms with Crippen LogP contribution in [-0.2, 0) is 9.53 Å². The third-order valence-corrected chi connectivity index (χ3v) is 3.46. The first-order valence-electron chi connectivity index (χ1n) is 6.38. The number of rotatable bonds is 3. The molecule has 3 atom stereocenters. The Balaban J connectivity index is 1.66. The molecule has 0 aromatic rings. The van der Waals surface area contributed by atoms with E-state index in [1.807, 2.05) is 0 Å². The minimum Gasteiger partial charge on any atom is -0.378 e. The Kier molecular flexibility index (Phi) is 4.18. The van der Waals surface area contributed by atoms with Gasteiger partial charge in [0.05, 0.1) is 12.5 Å². The number of hydrogen-bond donors (Lipinski definition) is 2. The van der Waals surface area contributed by atoms with Gasteiger partial charge in [-0.3, -0.25) is 4.79 Å². The van der Waals surface area contributed by atoms with E-state index < -0.39 is 0 Å². The van der Waals surface area contributed by atoms with Gasteiger partial charge in [0.25, 0.3) is 0 Å². The van der Waals surface area contributed by atoms with Crippen molar-refractivity contribution in [2.75, 3.05) is 13.2 Å². The van der Waals surface area contributed by atoms with Crippen LogP contribution in [-0.4, -0.2) is 37.2 Å². The second-order valence-electron chi connectivity index (χ2n) is 4.99. The molecule has 2 rings (SSSR count). The van der Waals surface area contributed by atoms with E-state index >= 15 is 0 Å². The maximum Gasteiger partial charge on any atom is 0.222 e. The molecule has 0 radical (unpaired) electrons. The highest BCUT2D eigenvalue weighted by atomic mass is 16.5. The minimum atomic E-state index is 0.147. The molecule has 2 aliphatic rings. The molecule has 0 aromatic heterocycles. The molecule has 2 saturated heterocycles. The van der Waals surface area contributed by atoms with Gasteiger partial charge in [0, 0.05) is 25.2 Å². The third kappa shape index (κ3) is 3.46. The molecule has 2 N–H and O–H groups in total. The van der Waals surface area contributed by atoms with Gasteiger partial charge in [-0.2, -0.15) is 0 Å². The van der Waals surface area contributed by atoms with Crippen molar-refractivity contribution in [1.82, 2.24) is 10.6 Å². The van der Waals surface area contributed by atoms with Crippen LogP contribution in [0.25, 0.3) is 0 Å². The van der Waals surface area contributed by atoms with Gasteiger partial charge < -0.3 is 15.4 Å². The first-order chi connectivity index (χ1) is 7.74. The summed E-state index contributed by atoms with van der Waals surface area (Å²) >= 11 is 0. The summed E-state index contributed by atoms with van der Waals surface area (Å²) in [5, 5.41) is 6.47. The summed E-state index contributed by atoms with van der Waals surface area (Å²) in [5.41, 5.74) is 0. The topological polar surface area (TPSA) is 50.4 Å². The highest BCUT2D eigenvalue weighted by molar-refractivity contribution is 5.76. The van der Waals surface area contributed by atoms with Crippen molar-refractivity contribution in [2.45, 2.75) is 57.2 Å². The molecule has 1 amide bonds. The number of ether oxygens (including phenoxy) is 1. The van der Waals surface area contributed by atoms with Gasteiger partial charge in [0.1, 0.15) is 0 Å². The van der Waals surface area contributed by atoms with E-state index in [-0.39, 0.29) is 12.0 Å². The molecular weight excluding hydrogens is 204 g/mol. The first-order valence-corrected chi connectivity index (χ1v) is 6.38. The fourth-order valence-corrected chi connectivity index (χ4v) is 2.42. The van der Waals surface area contributed by atoms with Gasteiger partial charge in [0.2, 0.25) is 5.91 Å². The fraction of sp³-hybridized carbons (Fsp3) is 0.917. The van der Waals surface area contributed by atoms with Crippen molar-refractivity contribution in [3.63, 3.8) is 0 Å². The Hall–Kier alpha value is -0.610. The number of amides is 1. The molecule has 3 unspecified atom stereocenters. The van der Waals surface area contributed by atoms with Gasteiger partial charge in [-0.25, -0.2) is 0 Å². The molecule has 0 aromatic carbocycles. The lowest BCUT2D eigenvalue weighted by molar-refractivity contribution is -0.124. The van der Waals surface area contributed by atoms with Crippen LogP contribution in [0.4, 0.5) is 0 Å². The van der Waals surface area contributed by atoms with Gasteiger partial charge >= 0.3 is 0 Å². The van der Waals surface area contributed by atoms with Crippen LogP contribution in [0.2, 0.25) is 0 Å². The number of carbonyl (C=O) groups is 1. The van der Waals surface area contributed by atoms with Crippen LogP contribution < -0.4 is 10.6 Å². The van der Waals surface area contributed by atoms with E-state index in [0.717, 1.165) is 38.8 Å². The van der Waals surface area contributed by atoms with Crippen molar-refractivity contribution >= 4 is 5.91 Å². The summed E-state index contributed by atoms with van der Waals surface area (Å²) < 4.78 is 5.45. The summed E-state index contributed by atoms with van der Waals surface area (Å²) in [6.07, 6.45) is 5.06. The van der Waals surface area contributed by atoms with Crippen LogP contribution in [0.15, 0.2) is 0 Å². The Morgan fingerprint density at radius 2 is 2.31 bits per heavy atom. The van der Waals surface area contributed by atoms with Crippen LogP contribution in [0.3, 0.4) is 0 Å². The van der Waals surface area contributed by atoms with Crippen LogP contribution in [0.5, 0.6) is 0 Å². The lowest BCUT2D eigenvalue weighted by atomic mass is 10.0. The summed E-state index contributed by atoms with van der Waals surface area (Å²) in [6.45, 7) is 3.91. The van der Waals surface area contributed by atoms with E-state index in [1.165, 1.54) is 0 Å². The van der Waals surface area contributed by atoms with E-state index in [1.54, 1.807) is 0 Å². The highest BCUT2D eigenvalue weighted by Crippen LogP contribution is 2.15. The smallest absolute Gasteiger partial charge is 0.222 e. The van der Waals surface area contributed by atoms with E-state index in [4.69, 9.17) is 4.74 Å². The standard InChI is InChI=1S/C12H22N2O2/c1-9-4-5-10(8-13-9)14-12(15)7-11-3-2-6-16-11/h9-11,13H,2-8H2,1H3,(H,14,15). The van der Waals surface area contributed by atoms with Crippen molar-refractivity contribution in [3.05, 3.63) is 0 Å². The summed E-state index contributed by atoms with van der Waals surface area (Å²) in [4.78, 5) is 11.7. The molecule has 2 heterocycles. The number of carbonyl (C=O) groups excluding carboxylic acids is 1. The molecule has 4 nitrogen and oxygen atoms in total. The van der Waals surface area contributed by atoms with Gasteiger partial charge in [-0.05, 0) is 32.6 Å². The van der Waals surface area contributed by atoms with Crippen molar-refractivity contribution in [1.29, 1.82) is 0 Å². The maximum absolute atomic E-state index is 11.7. The largest absolute Gasteiger partial charge is 0.378 e. The number of piperidine rings is 1. The Bertz CT molecular complexity index is 231. The molecule has 92 valence electrons. The molecule has 0 bridgehead atoms. The highest BCUT2D eigenvalue weighted by Gasteiger charge is 2.22. The average Bonchev–Trinajstić information content (AvgIpc) is 2.74. The second-order valence-corrected chi connectivity index (χ2v) is 4.99. The fourth-order valence-electron chi connectivity index (χ4n) is 2.42. The van der Waals surface area contributed by atoms with Crippen molar-refractivity contribution in [3.8, 4) is 0 Å². The van der Waals surface area contributed by atoms with Gasteiger partial charge in [0.15, 0.2) is 0 Å². The third-order valence-electron chi connectivity index (χ3n) is 3.46. The van der Waals surface area contributed by atoms with E-state index in [2.05, 4.69) is 17.6 Å². The lowest BCUT2D eigenvalue weighted by Crippen LogP contribution is -2.49. The predicted molar refractivity (Wildman–Crippen MR) is 62.2 cm³/mol. The quantitative estimate of drug-likeness (QED) is 0.749. The molecule has 4 heteroatoms. The Morgan fingerprint density at radius 1 is 1.44 bits per heavy atom. The predicted octanol–water partition coefficient (Wildman–Crippen LogP) is 0.812. The lowest BCUT2D eigenvalue weighted by Gasteiger charge is -2.28. The maximum atomic E-state index is 11.7. The summed E-state index contributed by atoms with van der Waals surface area (Å²) in [7, 11) is 0. The average molecular weight is 226 g/mol. The van der Waals surface area contributed by atoms with Gasteiger partial charge in [-0.15, -0.1) is 0 Å². The van der Waals surface area contributed by atoms with Crippen molar-refractivity contribution in [2.24, 2.45) is 0 Å². The van der Waals surface area contributed by atoms with E-state index in [0.29, 0.717) is 18.5 Å². The second kappa shape index (κ2) is 5.64. The van der Waals surface area contributed by atoms with Crippen LogP contribution >= 0.6 is 0 Å². The Morgan fingerprint density at radius 3 is 2.94 bits per heavy atom. The Labute approximate surface area is 97.1 Å². The number of hydrogen-bond acceptors (Lipinski definition) is 3. The van der Waals surface area contributed by atoms with E-state index in [9.17, 15) is 4.79 Å². The molecule has 2 aliphatic heterocycles. The van der Waals surface area contributed by atoms with Gasteiger partial charge in [-0.1, -0.05) is 0 Å². The molecule has 16 heavy (non-hydrogen) atoms. The molecule has 0 spiro atoms. The monoisotopic (exact) mass is 226 g/mol. The molecule has 0 saturated carbocycles.